The average molecular weight is 327 g/mol. The Morgan fingerprint density at radius 1 is 1.50 bits per heavy atom. The molecule has 0 spiro atoms. The van der Waals surface area contributed by atoms with E-state index in [1.807, 2.05) is 0 Å². The van der Waals surface area contributed by atoms with Gasteiger partial charge in [-0.1, -0.05) is 0 Å². The van der Waals surface area contributed by atoms with E-state index in [4.69, 9.17) is 20.0 Å². The van der Waals surface area contributed by atoms with E-state index >= 15 is 0 Å². The van der Waals surface area contributed by atoms with Gasteiger partial charge in [-0.05, 0) is 0 Å². The van der Waals surface area contributed by atoms with Crippen LogP contribution in [-0.2, 0) is 17.0 Å². The van der Waals surface area contributed by atoms with Gasteiger partial charge in [-0.2, -0.15) is 0 Å². The molecule has 0 rings (SSSR count). The van der Waals surface area contributed by atoms with Crippen LogP contribution in [0.25, 0.3) is 0 Å². The summed E-state index contributed by atoms with van der Waals surface area (Å²) in [6, 6.07) is 0. The Hall–Kier alpha value is 1.81. The zero-order valence-corrected chi connectivity index (χ0v) is 8.21. The van der Waals surface area contributed by atoms with E-state index in [2.05, 4.69) is 0 Å². The number of rotatable bonds is 0. The second-order valence-corrected chi connectivity index (χ2v) is 23.0. The number of hydrogen-bond acceptors (Lipinski definition) is 0. The predicted octanol–water partition coefficient (Wildman–Crippen LogP) is 0.996. The first-order valence-electron chi connectivity index (χ1n) is 0.582. The van der Waals surface area contributed by atoms with Gasteiger partial charge in [0.25, 0.3) is 0 Å². The van der Waals surface area contributed by atoms with Gasteiger partial charge in [0.05, 0.1) is 0 Å². The molecule has 0 aromatic carbocycles. The summed E-state index contributed by atoms with van der Waals surface area (Å²) in [6.45, 7) is 0. The summed E-state index contributed by atoms with van der Waals surface area (Å²) < 4.78 is 0. The molecule has 0 aromatic heterocycles. The van der Waals surface area contributed by atoms with Crippen LogP contribution in [0.3, 0.4) is 0 Å². The molecular formula is Cl2GeW. The second-order valence-electron chi connectivity index (χ2n) is 0.226. The molecule has 24 valence electrons. The van der Waals surface area contributed by atoms with E-state index in [9.17, 15) is 0 Å². The van der Waals surface area contributed by atoms with Gasteiger partial charge >= 0.3 is 46.3 Å². The van der Waals surface area contributed by atoms with Crippen molar-refractivity contribution in [2.75, 3.05) is 0 Å². The molecule has 0 heterocycles. The molecule has 4 heteroatoms. The van der Waals surface area contributed by atoms with E-state index in [1.54, 1.807) is 0 Å². The molecule has 0 amide bonds. The van der Waals surface area contributed by atoms with Crippen LogP contribution < -0.4 is 0 Å². The van der Waals surface area contributed by atoms with Crippen molar-refractivity contribution in [3.8, 4) is 0 Å². The summed E-state index contributed by atoms with van der Waals surface area (Å²) in [5.74, 6) is 0. The van der Waals surface area contributed by atoms with Gasteiger partial charge in [0, 0.05) is 0 Å². The van der Waals surface area contributed by atoms with Crippen molar-refractivity contribution in [1.82, 2.24) is 0 Å². The fourth-order valence-corrected chi connectivity index (χ4v) is 0. The molecular weight excluding hydrogens is 327 g/mol. The normalized spacial score (nSPS) is 6.50. The van der Waals surface area contributed by atoms with Gasteiger partial charge < -0.3 is 0 Å². The minimum absolute atomic E-state index is 1.31. The van der Waals surface area contributed by atoms with Gasteiger partial charge in [-0.3, -0.25) is 0 Å². The Morgan fingerprint density at radius 3 is 1.50 bits per heavy atom. The Balaban J connectivity index is 2.80. The maximum atomic E-state index is 5.24. The molecule has 4 heavy (non-hydrogen) atoms. The van der Waals surface area contributed by atoms with Crippen LogP contribution >= 0.6 is 20.0 Å². The first kappa shape index (κ1) is 5.81. The maximum absolute atomic E-state index is 5.24. The summed E-state index contributed by atoms with van der Waals surface area (Å²) in [5, 5.41) is 0. The van der Waals surface area contributed by atoms with Crippen molar-refractivity contribution in [3.05, 3.63) is 0 Å². The molecule has 0 radical (unpaired) electrons. The molecule has 0 nitrogen and oxygen atoms in total. The van der Waals surface area contributed by atoms with Crippen LogP contribution in [0.5, 0.6) is 0 Å². The van der Waals surface area contributed by atoms with E-state index in [0.717, 1.165) is 0 Å². The summed E-state index contributed by atoms with van der Waals surface area (Å²) in [5.41, 5.74) is 0. The zero-order chi connectivity index (χ0) is 3.58. The first-order chi connectivity index (χ1) is 1.73. The van der Waals surface area contributed by atoms with Crippen molar-refractivity contribution >= 4 is 29.3 Å². The summed E-state index contributed by atoms with van der Waals surface area (Å²) >= 11 is 1.37. The fourth-order valence-electron chi connectivity index (χ4n) is 0. The molecule has 0 saturated heterocycles. The summed E-state index contributed by atoms with van der Waals surface area (Å²) in [6.07, 6.45) is 0. The van der Waals surface area contributed by atoms with Crippen LogP contribution in [0, 0.1) is 0 Å². The van der Waals surface area contributed by atoms with Crippen LogP contribution in [-0.4, -0.2) is 9.24 Å². The molecule has 0 fully saturated rings. The van der Waals surface area contributed by atoms with Crippen LogP contribution in [0.2, 0.25) is 0 Å². The van der Waals surface area contributed by atoms with E-state index in [1.165, 1.54) is 17.0 Å². The van der Waals surface area contributed by atoms with Gasteiger partial charge in [0.15, 0.2) is 0 Å². The van der Waals surface area contributed by atoms with E-state index < -0.39 is 9.24 Å². The minimum atomic E-state index is -1.31. The van der Waals surface area contributed by atoms with Crippen LogP contribution in [0.15, 0.2) is 0 Å². The molecule has 0 aliphatic carbocycles. The summed E-state index contributed by atoms with van der Waals surface area (Å²) in [4.78, 5) is 0. The standard InChI is InChI=1S/Cl2Ge.W/c1-3-2;. The Bertz CT molecular complexity index is 29.0. The predicted molar refractivity (Wildman–Crippen MR) is 17.5 cm³/mol. The Morgan fingerprint density at radius 2 is 1.50 bits per heavy atom. The average Bonchev–Trinajstić information content (AvgIpc) is 0.811. The fraction of sp³-hybridized carbons (Fsp3) is 0. The van der Waals surface area contributed by atoms with Crippen molar-refractivity contribution in [1.29, 1.82) is 0 Å². The van der Waals surface area contributed by atoms with Gasteiger partial charge in [-0.25, -0.2) is 0 Å². The van der Waals surface area contributed by atoms with Gasteiger partial charge in [0.1, 0.15) is 0 Å². The number of hydrogen-bond donors (Lipinski definition) is 0. The number of halogens is 2. The molecule has 0 unspecified atom stereocenters. The molecule has 0 aliphatic rings. The van der Waals surface area contributed by atoms with E-state index in [-0.39, 0.29) is 0 Å². The monoisotopic (exact) mass is 328 g/mol. The third kappa shape index (κ3) is 9.18. The third-order valence-corrected chi connectivity index (χ3v) is 0. The SMILES string of the molecule is [Cl][Ge]([Cl])=[W]. The van der Waals surface area contributed by atoms with E-state index in [0.29, 0.717) is 0 Å². The van der Waals surface area contributed by atoms with Gasteiger partial charge in [-0.15, -0.1) is 0 Å². The van der Waals surface area contributed by atoms with Crippen molar-refractivity contribution < 1.29 is 17.0 Å². The third-order valence-electron chi connectivity index (χ3n) is 0. The molecule has 0 N–H and O–H groups in total. The topological polar surface area (TPSA) is 0 Å². The van der Waals surface area contributed by atoms with Crippen molar-refractivity contribution in [3.63, 3.8) is 0 Å². The quantitative estimate of drug-likeness (QED) is 0.582. The Labute approximate surface area is 46.0 Å². The Kier molecular flexibility index (Phi) is 4.39. The molecule has 0 aliphatic heterocycles. The first-order valence-corrected chi connectivity index (χ1v) is 14.6. The van der Waals surface area contributed by atoms with Crippen LogP contribution in [0.1, 0.15) is 0 Å². The van der Waals surface area contributed by atoms with Gasteiger partial charge in [0.2, 0.25) is 0 Å². The molecule has 0 atom stereocenters. The van der Waals surface area contributed by atoms with Crippen molar-refractivity contribution in [2.45, 2.75) is 0 Å². The molecule has 0 aromatic rings. The van der Waals surface area contributed by atoms with Crippen LogP contribution in [0.4, 0.5) is 0 Å². The second kappa shape index (κ2) is 3.02. The molecule has 0 saturated carbocycles. The van der Waals surface area contributed by atoms with Crippen molar-refractivity contribution in [2.24, 2.45) is 0 Å². The summed E-state index contributed by atoms with van der Waals surface area (Å²) in [7, 11) is 9.18. The molecule has 0 bridgehead atoms. The zero-order valence-electron chi connectivity index (χ0n) is 1.66.